The molecule has 54 heavy (non-hydrogen) atoms. The summed E-state index contributed by atoms with van der Waals surface area (Å²) >= 11 is 0. The van der Waals surface area contributed by atoms with Gasteiger partial charge in [-0.2, -0.15) is 0 Å². The Morgan fingerprint density at radius 1 is 0.278 bits per heavy atom. The average molecular weight is 695 g/mol. The van der Waals surface area contributed by atoms with Crippen molar-refractivity contribution in [3.05, 3.63) is 227 Å². The van der Waals surface area contributed by atoms with Crippen LogP contribution >= 0.6 is 0 Å². The molecule has 0 spiro atoms. The molecule has 0 radical (unpaired) electrons. The van der Waals surface area contributed by atoms with Gasteiger partial charge in [0.2, 0.25) is 0 Å². The summed E-state index contributed by atoms with van der Waals surface area (Å²) in [5.74, 6) is 0. The highest BCUT2D eigenvalue weighted by Gasteiger charge is 2.20. The van der Waals surface area contributed by atoms with E-state index in [1.807, 2.05) is 170 Å². The van der Waals surface area contributed by atoms with Gasteiger partial charge in [0.25, 0.3) is 5.56 Å². The molecule has 0 amide bonds. The lowest BCUT2D eigenvalue weighted by Gasteiger charge is -2.18. The van der Waals surface area contributed by atoms with E-state index in [0.29, 0.717) is 22.3 Å². The van der Waals surface area contributed by atoms with E-state index in [-0.39, 0.29) is 5.56 Å². The van der Waals surface area contributed by atoms with Crippen molar-refractivity contribution in [2.45, 2.75) is 0 Å². The maximum Gasteiger partial charge on any atom is 0.340 e. The van der Waals surface area contributed by atoms with Gasteiger partial charge < -0.3 is 0 Å². The van der Waals surface area contributed by atoms with Crippen LogP contribution in [0.3, 0.4) is 0 Å². The quantitative estimate of drug-likeness (QED) is 0.167. The van der Waals surface area contributed by atoms with Crippen molar-refractivity contribution in [1.82, 2.24) is 9.13 Å². The molecule has 0 aliphatic carbocycles. The smallest absolute Gasteiger partial charge is 0.268 e. The lowest BCUT2D eigenvalue weighted by atomic mass is 9.97. The SMILES string of the molecule is O=c1c2cc(-c3ccccc3)ccc2n(-c2cc(-c3ccccc3)cc(-c3ccccc3)c2)c(=O)n1-c1cc(-c2ccccc2)cc(-c2ccccc2)c1. The van der Waals surface area contributed by atoms with E-state index in [4.69, 9.17) is 0 Å². The number of hydrogen-bond donors (Lipinski definition) is 0. The summed E-state index contributed by atoms with van der Waals surface area (Å²) in [6.07, 6.45) is 0. The van der Waals surface area contributed by atoms with E-state index < -0.39 is 5.69 Å². The fourth-order valence-electron chi connectivity index (χ4n) is 7.27. The number of rotatable bonds is 7. The van der Waals surface area contributed by atoms with Gasteiger partial charge in [0.1, 0.15) is 0 Å². The lowest BCUT2D eigenvalue weighted by Crippen LogP contribution is -2.38. The second-order valence-corrected chi connectivity index (χ2v) is 13.4. The molecule has 0 fully saturated rings. The van der Waals surface area contributed by atoms with E-state index in [1.54, 1.807) is 4.57 Å². The number of nitrogens with zero attached hydrogens (tertiary/aromatic N) is 2. The van der Waals surface area contributed by atoms with Crippen LogP contribution in [0, 0.1) is 0 Å². The first-order valence-corrected chi connectivity index (χ1v) is 18.0. The largest absolute Gasteiger partial charge is 0.340 e. The van der Waals surface area contributed by atoms with E-state index >= 15 is 4.79 Å². The second kappa shape index (κ2) is 14.0. The molecule has 4 heteroatoms. The van der Waals surface area contributed by atoms with Crippen molar-refractivity contribution in [2.24, 2.45) is 0 Å². The monoisotopic (exact) mass is 694 g/mol. The minimum Gasteiger partial charge on any atom is -0.268 e. The van der Waals surface area contributed by atoms with Crippen LogP contribution in [0.5, 0.6) is 0 Å². The summed E-state index contributed by atoms with van der Waals surface area (Å²) in [4.78, 5) is 30.2. The fraction of sp³-hybridized carbons (Fsp3) is 0. The van der Waals surface area contributed by atoms with Crippen LogP contribution in [0.1, 0.15) is 0 Å². The summed E-state index contributed by atoms with van der Waals surface area (Å²) in [5, 5.41) is 0.439. The Morgan fingerprint density at radius 2 is 0.611 bits per heavy atom. The molecule has 0 unspecified atom stereocenters. The molecule has 9 rings (SSSR count). The van der Waals surface area contributed by atoms with Gasteiger partial charge in [0, 0.05) is 0 Å². The van der Waals surface area contributed by atoms with Crippen LogP contribution in [-0.4, -0.2) is 9.13 Å². The first kappa shape index (κ1) is 32.6. The average Bonchev–Trinajstić information content (AvgIpc) is 3.25. The molecule has 9 aromatic rings. The van der Waals surface area contributed by atoms with Gasteiger partial charge in [-0.15, -0.1) is 0 Å². The van der Waals surface area contributed by atoms with Gasteiger partial charge in [-0.1, -0.05) is 158 Å². The van der Waals surface area contributed by atoms with Crippen molar-refractivity contribution >= 4 is 10.9 Å². The molecule has 0 saturated carbocycles. The minimum atomic E-state index is -0.451. The van der Waals surface area contributed by atoms with Gasteiger partial charge in [-0.3, -0.25) is 9.36 Å². The molecule has 4 nitrogen and oxygen atoms in total. The van der Waals surface area contributed by atoms with Gasteiger partial charge in [-0.05, 0) is 104 Å². The molecular formula is C50H34N2O2. The summed E-state index contributed by atoms with van der Waals surface area (Å²) in [6.45, 7) is 0. The second-order valence-electron chi connectivity index (χ2n) is 13.4. The third-order valence-corrected chi connectivity index (χ3v) is 9.94. The zero-order chi connectivity index (χ0) is 36.4. The van der Waals surface area contributed by atoms with Crippen molar-refractivity contribution < 1.29 is 0 Å². The summed E-state index contributed by atoms with van der Waals surface area (Å²) in [7, 11) is 0. The van der Waals surface area contributed by atoms with Crippen LogP contribution in [0.15, 0.2) is 216 Å². The van der Waals surface area contributed by atoms with Crippen LogP contribution < -0.4 is 11.2 Å². The first-order valence-electron chi connectivity index (χ1n) is 18.0. The predicted molar refractivity (Wildman–Crippen MR) is 222 cm³/mol. The number of hydrogen-bond acceptors (Lipinski definition) is 2. The minimum absolute atomic E-state index is 0.379. The molecule has 1 heterocycles. The summed E-state index contributed by atoms with van der Waals surface area (Å²) < 4.78 is 3.04. The van der Waals surface area contributed by atoms with Crippen molar-refractivity contribution in [3.8, 4) is 67.0 Å². The van der Waals surface area contributed by atoms with Crippen LogP contribution in [-0.2, 0) is 0 Å². The van der Waals surface area contributed by atoms with E-state index in [9.17, 15) is 4.79 Å². The number of fused-ring (bicyclic) bond motifs is 1. The summed E-state index contributed by atoms with van der Waals surface area (Å²) in [6, 6.07) is 68.5. The van der Waals surface area contributed by atoms with Crippen molar-refractivity contribution in [1.29, 1.82) is 0 Å². The fourth-order valence-corrected chi connectivity index (χ4v) is 7.27. The van der Waals surface area contributed by atoms with Crippen LogP contribution in [0.25, 0.3) is 77.9 Å². The molecule has 0 bridgehead atoms. The van der Waals surface area contributed by atoms with Gasteiger partial charge in [-0.25, -0.2) is 9.36 Å². The maximum atomic E-state index is 15.3. The molecule has 0 atom stereocenters. The molecular weight excluding hydrogens is 661 g/mol. The standard InChI is InChI=1S/C50H34N2O2/c53-49-47-34-40(35-16-6-1-7-17-35)26-27-48(47)51(45-30-41(36-18-8-2-9-19-36)28-42(31-45)37-20-10-3-11-21-37)50(54)52(49)46-32-43(38-22-12-4-13-23-38)29-44(33-46)39-24-14-5-15-25-39/h1-34H. The Balaban J connectivity index is 1.38. The van der Waals surface area contributed by atoms with Crippen LogP contribution in [0.2, 0.25) is 0 Å². The number of aromatic nitrogens is 2. The number of benzene rings is 8. The summed E-state index contributed by atoms with van der Waals surface area (Å²) in [5.41, 5.74) is 10.5. The Bertz CT molecular complexity index is 2770. The highest BCUT2D eigenvalue weighted by molar-refractivity contribution is 5.87. The van der Waals surface area contributed by atoms with E-state index in [2.05, 4.69) is 36.4 Å². The lowest BCUT2D eigenvalue weighted by molar-refractivity contribution is 0.835. The first-order chi connectivity index (χ1) is 26.6. The molecule has 256 valence electrons. The molecule has 0 aliphatic rings. The zero-order valence-electron chi connectivity index (χ0n) is 29.3. The molecule has 0 aliphatic heterocycles. The molecule has 0 saturated heterocycles. The van der Waals surface area contributed by atoms with Gasteiger partial charge in [0.15, 0.2) is 0 Å². The van der Waals surface area contributed by atoms with Crippen molar-refractivity contribution in [3.63, 3.8) is 0 Å². The highest BCUT2D eigenvalue weighted by atomic mass is 16.2. The maximum absolute atomic E-state index is 15.3. The molecule has 0 N–H and O–H groups in total. The van der Waals surface area contributed by atoms with Gasteiger partial charge in [0.05, 0.1) is 22.3 Å². The molecule has 8 aromatic carbocycles. The Kier molecular flexibility index (Phi) is 8.46. The zero-order valence-corrected chi connectivity index (χ0v) is 29.3. The van der Waals surface area contributed by atoms with E-state index in [1.165, 1.54) is 4.57 Å². The van der Waals surface area contributed by atoms with Crippen LogP contribution in [0.4, 0.5) is 0 Å². The third-order valence-electron chi connectivity index (χ3n) is 9.94. The molecule has 1 aromatic heterocycles. The predicted octanol–water partition coefficient (Wildman–Crippen LogP) is 11.5. The Labute approximate surface area is 313 Å². The topological polar surface area (TPSA) is 44.0 Å². The third kappa shape index (κ3) is 6.16. The van der Waals surface area contributed by atoms with Crippen molar-refractivity contribution in [2.75, 3.05) is 0 Å². The van der Waals surface area contributed by atoms with E-state index in [0.717, 1.165) is 55.6 Å². The Hall–Kier alpha value is -7.30. The normalized spacial score (nSPS) is 11.1. The highest BCUT2D eigenvalue weighted by Crippen LogP contribution is 2.33. The van der Waals surface area contributed by atoms with Gasteiger partial charge >= 0.3 is 5.69 Å². The Morgan fingerprint density at radius 3 is 0.981 bits per heavy atom.